The molecule has 0 bridgehead atoms. The maximum atomic E-state index is 13.4. The van der Waals surface area contributed by atoms with Crippen molar-refractivity contribution in [3.05, 3.63) is 106 Å². The standard InChI is InChI=1S/C28H24N4O4/c1-19-9-8-16-32-25(19)31-27(36-24-13-7-6-12-23(24)35-2)22(28(32)34)17-21(18-29)26(33)30-15-14-20-10-4-3-5-11-20/h3-13,16-17H,14-15H2,1-2H3,(H,30,33). The van der Waals surface area contributed by atoms with E-state index in [2.05, 4.69) is 10.3 Å². The van der Waals surface area contributed by atoms with E-state index in [9.17, 15) is 14.9 Å². The van der Waals surface area contributed by atoms with E-state index in [4.69, 9.17) is 9.47 Å². The van der Waals surface area contributed by atoms with E-state index in [1.807, 2.05) is 49.4 Å². The van der Waals surface area contributed by atoms with Crippen LogP contribution in [0, 0.1) is 18.3 Å². The predicted octanol–water partition coefficient (Wildman–Crippen LogP) is 4.07. The Kier molecular flexibility index (Phi) is 7.42. The molecule has 0 fully saturated rings. The van der Waals surface area contributed by atoms with Crippen molar-refractivity contribution in [1.29, 1.82) is 5.26 Å². The molecule has 2 heterocycles. The summed E-state index contributed by atoms with van der Waals surface area (Å²) in [7, 11) is 1.50. The molecule has 8 heteroatoms. The van der Waals surface area contributed by atoms with Crippen molar-refractivity contribution in [2.24, 2.45) is 0 Å². The third-order valence-corrected chi connectivity index (χ3v) is 5.52. The Hall–Kier alpha value is -4.90. The van der Waals surface area contributed by atoms with E-state index >= 15 is 0 Å². The maximum Gasteiger partial charge on any atom is 0.269 e. The number of aromatic nitrogens is 2. The van der Waals surface area contributed by atoms with Gasteiger partial charge < -0.3 is 14.8 Å². The number of fused-ring (bicyclic) bond motifs is 1. The number of methoxy groups -OCH3 is 1. The Labute approximate surface area is 208 Å². The lowest BCUT2D eigenvalue weighted by atomic mass is 10.1. The molecule has 8 nitrogen and oxygen atoms in total. The SMILES string of the molecule is COc1ccccc1Oc1nc2c(C)cccn2c(=O)c1C=C(C#N)C(=O)NCCc1ccccc1. The molecular formula is C28H24N4O4. The number of amides is 1. The van der Waals surface area contributed by atoms with Crippen LogP contribution in [0.5, 0.6) is 17.4 Å². The first-order valence-electron chi connectivity index (χ1n) is 11.3. The summed E-state index contributed by atoms with van der Waals surface area (Å²) in [5, 5.41) is 12.5. The molecule has 0 unspecified atom stereocenters. The molecule has 0 atom stereocenters. The quantitative estimate of drug-likeness (QED) is 0.301. The number of pyridine rings is 1. The van der Waals surface area contributed by atoms with Crippen LogP contribution in [-0.2, 0) is 11.2 Å². The number of para-hydroxylation sites is 2. The molecule has 36 heavy (non-hydrogen) atoms. The highest BCUT2D eigenvalue weighted by molar-refractivity contribution is 6.01. The number of nitrogens with zero attached hydrogens (tertiary/aromatic N) is 3. The zero-order chi connectivity index (χ0) is 25.5. The fraction of sp³-hybridized carbons (Fsp3) is 0.143. The third kappa shape index (κ3) is 5.26. The highest BCUT2D eigenvalue weighted by atomic mass is 16.5. The predicted molar refractivity (Wildman–Crippen MR) is 136 cm³/mol. The van der Waals surface area contributed by atoms with Crippen LogP contribution in [0.1, 0.15) is 16.7 Å². The lowest BCUT2D eigenvalue weighted by Gasteiger charge is -2.13. The number of hydrogen-bond acceptors (Lipinski definition) is 6. The Balaban J connectivity index is 1.73. The Morgan fingerprint density at radius 1 is 1.08 bits per heavy atom. The summed E-state index contributed by atoms with van der Waals surface area (Å²) in [4.78, 5) is 30.8. The fourth-order valence-corrected chi connectivity index (χ4v) is 3.65. The number of aryl methyl sites for hydroxylation is 1. The van der Waals surface area contributed by atoms with Gasteiger partial charge in [-0.25, -0.2) is 0 Å². The molecule has 4 aromatic rings. The van der Waals surface area contributed by atoms with E-state index in [0.717, 1.165) is 11.1 Å². The molecule has 0 aliphatic carbocycles. The van der Waals surface area contributed by atoms with Crippen molar-refractivity contribution in [1.82, 2.24) is 14.7 Å². The van der Waals surface area contributed by atoms with Gasteiger partial charge in [0.05, 0.1) is 7.11 Å². The number of nitriles is 1. The number of rotatable bonds is 8. The zero-order valence-electron chi connectivity index (χ0n) is 19.9. The minimum absolute atomic E-state index is 0.0289. The van der Waals surface area contributed by atoms with Crippen LogP contribution in [0.3, 0.4) is 0 Å². The molecule has 0 aliphatic rings. The van der Waals surface area contributed by atoms with Crippen LogP contribution in [0.2, 0.25) is 0 Å². The number of benzene rings is 2. The van der Waals surface area contributed by atoms with Crippen LogP contribution in [0.4, 0.5) is 0 Å². The van der Waals surface area contributed by atoms with Crippen molar-refractivity contribution in [2.45, 2.75) is 13.3 Å². The van der Waals surface area contributed by atoms with Crippen LogP contribution in [-0.4, -0.2) is 28.9 Å². The first-order valence-corrected chi connectivity index (χ1v) is 11.3. The molecule has 0 spiro atoms. The van der Waals surface area contributed by atoms with Gasteiger partial charge in [-0.2, -0.15) is 10.2 Å². The van der Waals surface area contributed by atoms with Gasteiger partial charge in [0.1, 0.15) is 22.9 Å². The Bertz CT molecular complexity index is 1540. The highest BCUT2D eigenvalue weighted by Crippen LogP contribution is 2.32. The zero-order valence-corrected chi connectivity index (χ0v) is 19.9. The topological polar surface area (TPSA) is 106 Å². The van der Waals surface area contributed by atoms with E-state index in [0.29, 0.717) is 30.1 Å². The first kappa shape index (κ1) is 24.2. The summed E-state index contributed by atoms with van der Waals surface area (Å²) >= 11 is 0. The highest BCUT2D eigenvalue weighted by Gasteiger charge is 2.19. The number of carbonyl (C=O) groups is 1. The molecule has 180 valence electrons. The molecule has 0 radical (unpaired) electrons. The van der Waals surface area contributed by atoms with Crippen molar-refractivity contribution in [3.8, 4) is 23.4 Å². The van der Waals surface area contributed by atoms with E-state index in [1.165, 1.54) is 17.6 Å². The van der Waals surface area contributed by atoms with E-state index < -0.39 is 11.5 Å². The second kappa shape index (κ2) is 11.0. The second-order valence-electron chi connectivity index (χ2n) is 7.93. The van der Waals surface area contributed by atoms with Gasteiger partial charge in [0.15, 0.2) is 11.5 Å². The van der Waals surface area contributed by atoms with Gasteiger partial charge in [-0.05, 0) is 48.7 Å². The lowest BCUT2D eigenvalue weighted by Crippen LogP contribution is -2.27. The van der Waals surface area contributed by atoms with Crippen molar-refractivity contribution < 1.29 is 14.3 Å². The van der Waals surface area contributed by atoms with Crippen LogP contribution in [0.15, 0.2) is 83.3 Å². The molecule has 1 amide bonds. The largest absolute Gasteiger partial charge is 0.493 e. The van der Waals surface area contributed by atoms with Gasteiger partial charge in [-0.3, -0.25) is 14.0 Å². The monoisotopic (exact) mass is 480 g/mol. The van der Waals surface area contributed by atoms with Gasteiger partial charge >= 0.3 is 0 Å². The molecule has 0 saturated heterocycles. The summed E-state index contributed by atoms with van der Waals surface area (Å²) in [5.41, 5.74) is 1.47. The van der Waals surface area contributed by atoms with Gasteiger partial charge in [-0.1, -0.05) is 48.5 Å². The molecule has 2 aromatic heterocycles. The maximum absolute atomic E-state index is 13.4. The minimum Gasteiger partial charge on any atom is -0.493 e. The van der Waals surface area contributed by atoms with Crippen molar-refractivity contribution in [3.63, 3.8) is 0 Å². The van der Waals surface area contributed by atoms with Gasteiger partial charge in [0.2, 0.25) is 5.88 Å². The summed E-state index contributed by atoms with van der Waals surface area (Å²) in [6.07, 6.45) is 3.40. The molecule has 0 aliphatic heterocycles. The first-order chi connectivity index (χ1) is 17.5. The van der Waals surface area contributed by atoms with Gasteiger partial charge in [0, 0.05) is 12.7 Å². The second-order valence-corrected chi connectivity index (χ2v) is 7.93. The molecular weight excluding hydrogens is 456 g/mol. The van der Waals surface area contributed by atoms with Gasteiger partial charge in [0.25, 0.3) is 11.5 Å². The van der Waals surface area contributed by atoms with Crippen LogP contribution < -0.4 is 20.3 Å². The molecule has 4 rings (SSSR count). The fourth-order valence-electron chi connectivity index (χ4n) is 3.65. The molecule has 2 aromatic carbocycles. The van der Waals surface area contributed by atoms with Crippen molar-refractivity contribution >= 4 is 17.6 Å². The van der Waals surface area contributed by atoms with E-state index in [-0.39, 0.29) is 17.0 Å². The minimum atomic E-state index is -0.592. The molecule has 1 N–H and O–H groups in total. The average Bonchev–Trinajstić information content (AvgIpc) is 2.90. The van der Waals surface area contributed by atoms with Crippen molar-refractivity contribution in [2.75, 3.05) is 13.7 Å². The van der Waals surface area contributed by atoms with Crippen LogP contribution in [0.25, 0.3) is 11.7 Å². The molecule has 0 saturated carbocycles. The third-order valence-electron chi connectivity index (χ3n) is 5.52. The Morgan fingerprint density at radius 2 is 1.81 bits per heavy atom. The summed E-state index contributed by atoms with van der Waals surface area (Å²) in [5.74, 6) is 0.151. The summed E-state index contributed by atoms with van der Waals surface area (Å²) < 4.78 is 12.7. The summed E-state index contributed by atoms with van der Waals surface area (Å²) in [6.45, 7) is 2.16. The number of nitrogens with one attached hydrogen (secondary N) is 1. The average molecular weight is 481 g/mol. The normalized spacial score (nSPS) is 11.1. The smallest absolute Gasteiger partial charge is 0.269 e. The van der Waals surface area contributed by atoms with Crippen LogP contribution >= 0.6 is 0 Å². The number of ether oxygens (including phenoxy) is 2. The number of carbonyl (C=O) groups excluding carboxylic acids is 1. The summed E-state index contributed by atoms with van der Waals surface area (Å²) in [6, 6.07) is 22.0. The van der Waals surface area contributed by atoms with Gasteiger partial charge in [-0.15, -0.1) is 0 Å². The Morgan fingerprint density at radius 3 is 2.53 bits per heavy atom. The number of hydrogen-bond donors (Lipinski definition) is 1. The van der Waals surface area contributed by atoms with E-state index in [1.54, 1.807) is 36.5 Å². The lowest BCUT2D eigenvalue weighted by molar-refractivity contribution is -0.117.